The molecule has 142 valence electrons. The van der Waals surface area contributed by atoms with Gasteiger partial charge in [-0.1, -0.05) is 0 Å². The lowest BCUT2D eigenvalue weighted by Gasteiger charge is -2.24. The van der Waals surface area contributed by atoms with E-state index in [0.29, 0.717) is 16.6 Å². The number of piperidine rings is 1. The van der Waals surface area contributed by atoms with Crippen molar-refractivity contribution in [2.45, 2.75) is 25.1 Å². The van der Waals surface area contributed by atoms with E-state index >= 15 is 0 Å². The lowest BCUT2D eigenvalue weighted by Crippen LogP contribution is -2.38. The van der Waals surface area contributed by atoms with Crippen molar-refractivity contribution in [2.75, 3.05) is 24.1 Å². The van der Waals surface area contributed by atoms with Crippen LogP contribution in [0.1, 0.15) is 18.4 Å². The van der Waals surface area contributed by atoms with Crippen molar-refractivity contribution in [1.82, 2.24) is 25.3 Å². The summed E-state index contributed by atoms with van der Waals surface area (Å²) in [4.78, 5) is 15.0. The Balaban J connectivity index is 1.79. The molecule has 0 bridgehead atoms. The number of pyridine rings is 1. The number of H-pyrrole nitrogens is 1. The number of nitrogens with one attached hydrogen (secondary N) is 3. The zero-order chi connectivity index (χ0) is 19.0. The fourth-order valence-electron chi connectivity index (χ4n) is 3.24. The number of nitrogens with two attached hydrogens (primary N) is 1. The van der Waals surface area contributed by atoms with E-state index in [4.69, 9.17) is 5.73 Å². The molecular formula is C17H18F3N7. The average molecular weight is 377 g/mol. The number of hydrogen-bond acceptors (Lipinski definition) is 6. The summed E-state index contributed by atoms with van der Waals surface area (Å²) in [6.45, 7) is 1.65. The van der Waals surface area contributed by atoms with Crippen molar-refractivity contribution in [3.8, 4) is 11.3 Å². The van der Waals surface area contributed by atoms with E-state index in [9.17, 15) is 13.2 Å². The molecule has 0 amide bonds. The minimum absolute atomic E-state index is 0.0766. The molecule has 5 N–H and O–H groups in total. The molecular weight excluding hydrogens is 359 g/mol. The van der Waals surface area contributed by atoms with E-state index in [1.165, 1.54) is 6.20 Å². The molecule has 1 fully saturated rings. The van der Waals surface area contributed by atoms with E-state index in [-0.39, 0.29) is 23.5 Å². The first-order valence-corrected chi connectivity index (χ1v) is 8.57. The van der Waals surface area contributed by atoms with Crippen molar-refractivity contribution in [3.05, 3.63) is 30.1 Å². The maximum atomic E-state index is 13.5. The van der Waals surface area contributed by atoms with Gasteiger partial charge >= 0.3 is 6.18 Å². The first-order valence-electron chi connectivity index (χ1n) is 8.57. The van der Waals surface area contributed by atoms with Crippen molar-refractivity contribution in [1.29, 1.82) is 0 Å². The van der Waals surface area contributed by atoms with Crippen LogP contribution in [-0.2, 0) is 6.18 Å². The fraction of sp³-hybridized carbons (Fsp3) is 0.353. The molecule has 0 spiro atoms. The monoisotopic (exact) mass is 377 g/mol. The quantitative estimate of drug-likeness (QED) is 0.560. The van der Waals surface area contributed by atoms with Gasteiger partial charge in [0.15, 0.2) is 0 Å². The van der Waals surface area contributed by atoms with Crippen LogP contribution in [0.15, 0.2) is 24.5 Å². The summed E-state index contributed by atoms with van der Waals surface area (Å²) in [6.07, 6.45) is -0.403. The Labute approximate surface area is 152 Å². The summed E-state index contributed by atoms with van der Waals surface area (Å²) in [5.74, 6) is 0.450. The van der Waals surface area contributed by atoms with Gasteiger partial charge < -0.3 is 21.4 Å². The highest BCUT2D eigenvalue weighted by Crippen LogP contribution is 2.38. The molecule has 0 unspecified atom stereocenters. The van der Waals surface area contributed by atoms with Crippen LogP contribution < -0.4 is 16.4 Å². The maximum absolute atomic E-state index is 13.5. The molecule has 3 aromatic rings. The summed E-state index contributed by atoms with van der Waals surface area (Å²) in [5, 5.41) is 6.87. The highest BCUT2D eigenvalue weighted by atomic mass is 19.4. The second kappa shape index (κ2) is 6.69. The number of alkyl halides is 3. The second-order valence-corrected chi connectivity index (χ2v) is 6.48. The highest BCUT2D eigenvalue weighted by Gasteiger charge is 2.36. The number of hydrogen-bond donors (Lipinski definition) is 4. The van der Waals surface area contributed by atoms with Gasteiger partial charge in [-0.25, -0.2) is 15.0 Å². The fourth-order valence-corrected chi connectivity index (χ4v) is 3.24. The Morgan fingerprint density at radius 1 is 1.22 bits per heavy atom. The van der Waals surface area contributed by atoms with Gasteiger partial charge in [-0.15, -0.1) is 0 Å². The summed E-state index contributed by atoms with van der Waals surface area (Å²) in [7, 11) is 0. The van der Waals surface area contributed by atoms with Crippen LogP contribution >= 0.6 is 0 Å². The number of fused-ring (bicyclic) bond motifs is 1. The van der Waals surface area contributed by atoms with E-state index in [1.54, 1.807) is 12.1 Å². The molecule has 1 atom stereocenters. The normalized spacial score (nSPS) is 18.0. The molecule has 0 aromatic carbocycles. The summed E-state index contributed by atoms with van der Waals surface area (Å²) in [5.41, 5.74) is 5.27. The summed E-state index contributed by atoms with van der Waals surface area (Å²) < 4.78 is 40.6. The summed E-state index contributed by atoms with van der Waals surface area (Å²) in [6, 6.07) is 3.25. The number of aromatic amines is 1. The lowest BCUT2D eigenvalue weighted by atomic mass is 10.1. The Bertz CT molecular complexity index is 961. The zero-order valence-electron chi connectivity index (χ0n) is 14.3. The molecule has 7 nitrogen and oxygen atoms in total. The Hall–Kier alpha value is -2.88. The SMILES string of the molecule is Nc1ccc2c(-c3nc(N[C@H]4CCCNC4)ncc3C(F)(F)F)c[nH]c2n1. The van der Waals surface area contributed by atoms with Crippen LogP contribution in [0.2, 0.25) is 0 Å². The molecule has 3 aromatic heterocycles. The van der Waals surface area contributed by atoms with E-state index in [2.05, 4.69) is 30.6 Å². The van der Waals surface area contributed by atoms with Crippen LogP contribution in [0, 0.1) is 0 Å². The van der Waals surface area contributed by atoms with Gasteiger partial charge in [-0.05, 0) is 31.5 Å². The van der Waals surface area contributed by atoms with Gasteiger partial charge in [0, 0.05) is 35.9 Å². The molecule has 0 radical (unpaired) electrons. The Morgan fingerprint density at radius 3 is 2.81 bits per heavy atom. The van der Waals surface area contributed by atoms with Gasteiger partial charge in [0.1, 0.15) is 17.0 Å². The van der Waals surface area contributed by atoms with E-state index < -0.39 is 11.7 Å². The molecule has 1 aliphatic rings. The Kier molecular flexibility index (Phi) is 4.34. The minimum Gasteiger partial charge on any atom is -0.384 e. The molecule has 4 heterocycles. The van der Waals surface area contributed by atoms with Crippen LogP contribution in [0.3, 0.4) is 0 Å². The largest absolute Gasteiger partial charge is 0.419 e. The number of nitrogens with zero attached hydrogens (tertiary/aromatic N) is 3. The highest BCUT2D eigenvalue weighted by molar-refractivity contribution is 5.94. The number of aromatic nitrogens is 4. The van der Waals surface area contributed by atoms with Crippen molar-refractivity contribution in [3.63, 3.8) is 0 Å². The third kappa shape index (κ3) is 3.52. The van der Waals surface area contributed by atoms with Crippen molar-refractivity contribution >= 4 is 22.8 Å². The van der Waals surface area contributed by atoms with Gasteiger partial charge in [-0.2, -0.15) is 13.2 Å². The number of halogens is 3. The molecule has 0 aliphatic carbocycles. The smallest absolute Gasteiger partial charge is 0.384 e. The molecule has 27 heavy (non-hydrogen) atoms. The molecule has 0 saturated carbocycles. The van der Waals surface area contributed by atoms with Gasteiger partial charge in [0.25, 0.3) is 0 Å². The third-order valence-corrected chi connectivity index (χ3v) is 4.54. The van der Waals surface area contributed by atoms with Crippen molar-refractivity contribution < 1.29 is 13.2 Å². The standard InChI is InChI=1S/C17H18F3N7/c18-17(19,20)12-8-24-16(25-9-2-1-5-22-6-9)27-14(12)11-7-23-15-10(11)3-4-13(21)26-15/h3-4,7-9,22H,1-2,5-6H2,(H3,21,23,26)(H,24,25,27)/t9-/m0/s1. The van der Waals surface area contributed by atoms with Crippen LogP contribution in [0.4, 0.5) is 24.9 Å². The third-order valence-electron chi connectivity index (χ3n) is 4.54. The van der Waals surface area contributed by atoms with Gasteiger partial charge in [-0.3, -0.25) is 0 Å². The topological polar surface area (TPSA) is 105 Å². The second-order valence-electron chi connectivity index (χ2n) is 6.48. The lowest BCUT2D eigenvalue weighted by molar-refractivity contribution is -0.137. The van der Waals surface area contributed by atoms with Crippen molar-refractivity contribution in [2.24, 2.45) is 0 Å². The van der Waals surface area contributed by atoms with Gasteiger partial charge in [0.2, 0.25) is 5.95 Å². The minimum atomic E-state index is -4.58. The molecule has 1 saturated heterocycles. The Morgan fingerprint density at radius 2 is 2.07 bits per heavy atom. The number of anilines is 2. The molecule has 4 rings (SSSR count). The van der Waals surface area contributed by atoms with E-state index in [0.717, 1.165) is 32.1 Å². The van der Waals surface area contributed by atoms with Crippen LogP contribution in [0.25, 0.3) is 22.3 Å². The van der Waals surface area contributed by atoms with Crippen LogP contribution in [0.5, 0.6) is 0 Å². The predicted molar refractivity (Wildman–Crippen MR) is 96.0 cm³/mol. The van der Waals surface area contributed by atoms with Crippen LogP contribution in [-0.4, -0.2) is 39.1 Å². The number of nitrogen functional groups attached to an aromatic ring is 1. The zero-order valence-corrected chi connectivity index (χ0v) is 14.3. The van der Waals surface area contributed by atoms with Gasteiger partial charge in [0.05, 0.1) is 5.69 Å². The maximum Gasteiger partial charge on any atom is 0.419 e. The summed E-state index contributed by atoms with van der Waals surface area (Å²) >= 11 is 0. The predicted octanol–water partition coefficient (Wildman–Crippen LogP) is 2.78. The van der Waals surface area contributed by atoms with E-state index in [1.807, 2.05) is 0 Å². The average Bonchev–Trinajstić information content (AvgIpc) is 3.04. The number of rotatable bonds is 3. The first-order chi connectivity index (χ1) is 12.9. The molecule has 10 heteroatoms. The first kappa shape index (κ1) is 17.5. The molecule has 1 aliphatic heterocycles.